The van der Waals surface area contributed by atoms with E-state index in [-0.39, 0.29) is 11.0 Å². The summed E-state index contributed by atoms with van der Waals surface area (Å²) < 4.78 is 0. The average molecular weight is 147 g/mol. The van der Waals surface area contributed by atoms with Crippen LogP contribution in [0, 0.1) is 0 Å². The molecule has 0 radical (unpaired) electrons. The molecule has 0 atom stereocenters. The maximum Gasteiger partial charge on any atom is 0.217 e. The molecule has 0 aromatic heterocycles. The van der Waals surface area contributed by atoms with Crippen LogP contribution >= 0.6 is 11.8 Å². The molecule has 0 aromatic rings. The smallest absolute Gasteiger partial charge is 0.217 e. The SMILES string of the molecule is CC(=O)NCSC(C)=O. The molecule has 0 rings (SSSR count). The van der Waals surface area contributed by atoms with Crippen molar-refractivity contribution >= 4 is 22.8 Å². The van der Waals surface area contributed by atoms with E-state index in [4.69, 9.17) is 0 Å². The van der Waals surface area contributed by atoms with Gasteiger partial charge in [0.2, 0.25) is 5.91 Å². The number of thioether (sulfide) groups is 1. The van der Waals surface area contributed by atoms with Gasteiger partial charge in [-0.1, -0.05) is 11.8 Å². The van der Waals surface area contributed by atoms with E-state index < -0.39 is 0 Å². The molecule has 4 heteroatoms. The van der Waals surface area contributed by atoms with Crippen molar-refractivity contribution in [3.8, 4) is 0 Å². The summed E-state index contributed by atoms with van der Waals surface area (Å²) in [7, 11) is 0. The largest absolute Gasteiger partial charge is 0.347 e. The zero-order valence-corrected chi connectivity index (χ0v) is 6.25. The molecule has 0 aliphatic carbocycles. The van der Waals surface area contributed by atoms with Crippen molar-refractivity contribution in [2.45, 2.75) is 13.8 Å². The van der Waals surface area contributed by atoms with Crippen molar-refractivity contribution in [2.75, 3.05) is 5.88 Å². The lowest BCUT2D eigenvalue weighted by Crippen LogP contribution is -2.19. The molecule has 0 unspecified atom stereocenters. The highest BCUT2D eigenvalue weighted by molar-refractivity contribution is 8.13. The average Bonchev–Trinajstić information content (AvgIpc) is 1.63. The summed E-state index contributed by atoms with van der Waals surface area (Å²) in [6.07, 6.45) is 0. The predicted molar refractivity (Wildman–Crippen MR) is 37.0 cm³/mol. The maximum atomic E-state index is 10.2. The Morgan fingerprint density at radius 1 is 1.44 bits per heavy atom. The molecule has 0 saturated heterocycles. The molecule has 0 aromatic carbocycles. The molecule has 1 N–H and O–H groups in total. The van der Waals surface area contributed by atoms with Crippen LogP contribution in [0.3, 0.4) is 0 Å². The minimum Gasteiger partial charge on any atom is -0.347 e. The Kier molecular flexibility index (Phi) is 4.13. The van der Waals surface area contributed by atoms with Crippen LogP contribution in [0.4, 0.5) is 0 Å². The number of nitrogens with one attached hydrogen (secondary N) is 1. The molecule has 0 fully saturated rings. The summed E-state index contributed by atoms with van der Waals surface area (Å²) >= 11 is 1.09. The molecular weight excluding hydrogens is 138 g/mol. The van der Waals surface area contributed by atoms with Gasteiger partial charge in [0, 0.05) is 13.8 Å². The van der Waals surface area contributed by atoms with Crippen LogP contribution < -0.4 is 5.32 Å². The first-order chi connectivity index (χ1) is 4.13. The van der Waals surface area contributed by atoms with Crippen LogP contribution in [0.5, 0.6) is 0 Å². The fourth-order valence-electron chi connectivity index (χ4n) is 0.239. The predicted octanol–water partition coefficient (Wildman–Crippen LogP) is 0.360. The van der Waals surface area contributed by atoms with Crippen molar-refractivity contribution in [1.29, 1.82) is 0 Å². The molecule has 0 spiro atoms. The minimum atomic E-state index is -0.108. The van der Waals surface area contributed by atoms with Crippen molar-refractivity contribution in [1.82, 2.24) is 5.32 Å². The minimum absolute atomic E-state index is 0.0174. The molecule has 1 amide bonds. The van der Waals surface area contributed by atoms with Crippen molar-refractivity contribution in [3.05, 3.63) is 0 Å². The zero-order chi connectivity index (χ0) is 7.28. The van der Waals surface area contributed by atoms with Crippen molar-refractivity contribution in [2.24, 2.45) is 0 Å². The summed E-state index contributed by atoms with van der Waals surface area (Å²) in [4.78, 5) is 20.4. The summed E-state index contributed by atoms with van der Waals surface area (Å²) in [5.41, 5.74) is 0. The first kappa shape index (κ1) is 8.49. The van der Waals surface area contributed by atoms with Gasteiger partial charge in [0.05, 0.1) is 5.88 Å². The maximum absolute atomic E-state index is 10.2. The van der Waals surface area contributed by atoms with E-state index in [1.165, 1.54) is 13.8 Å². The fourth-order valence-corrected chi connectivity index (χ4v) is 0.718. The lowest BCUT2D eigenvalue weighted by molar-refractivity contribution is -0.118. The molecule has 52 valence electrons. The van der Waals surface area contributed by atoms with Gasteiger partial charge in [-0.2, -0.15) is 0 Å². The highest BCUT2D eigenvalue weighted by atomic mass is 32.2. The van der Waals surface area contributed by atoms with Crippen molar-refractivity contribution in [3.63, 3.8) is 0 Å². The third-order valence-corrected chi connectivity index (χ3v) is 1.29. The van der Waals surface area contributed by atoms with E-state index >= 15 is 0 Å². The van der Waals surface area contributed by atoms with Crippen LogP contribution in [0.1, 0.15) is 13.8 Å². The van der Waals surface area contributed by atoms with E-state index in [2.05, 4.69) is 5.32 Å². The first-order valence-electron chi connectivity index (χ1n) is 2.50. The quantitative estimate of drug-likeness (QED) is 0.574. The lowest BCUT2D eigenvalue weighted by atomic mass is 10.7. The topological polar surface area (TPSA) is 46.2 Å². The highest BCUT2D eigenvalue weighted by Gasteiger charge is 1.93. The monoisotopic (exact) mass is 147 g/mol. The van der Waals surface area contributed by atoms with E-state index in [1.807, 2.05) is 0 Å². The van der Waals surface area contributed by atoms with Gasteiger partial charge >= 0.3 is 0 Å². The summed E-state index contributed by atoms with van der Waals surface area (Å²) in [6.45, 7) is 2.88. The Morgan fingerprint density at radius 3 is 2.33 bits per heavy atom. The van der Waals surface area contributed by atoms with Gasteiger partial charge in [0.15, 0.2) is 5.12 Å². The zero-order valence-electron chi connectivity index (χ0n) is 5.43. The van der Waals surface area contributed by atoms with Crippen LogP contribution in [0.15, 0.2) is 0 Å². The third-order valence-electron chi connectivity index (χ3n) is 0.597. The standard InChI is InChI=1S/C5H9NO2S/c1-4(7)6-3-9-5(2)8/h3H2,1-2H3,(H,6,7). The highest BCUT2D eigenvalue weighted by Crippen LogP contribution is 1.95. The summed E-state index contributed by atoms with van der Waals surface area (Å²) in [5, 5.41) is 2.50. The van der Waals surface area contributed by atoms with Gasteiger partial charge in [-0.25, -0.2) is 0 Å². The van der Waals surface area contributed by atoms with Crippen LogP contribution in [0.2, 0.25) is 0 Å². The summed E-state index contributed by atoms with van der Waals surface area (Å²) in [5.74, 6) is 0.272. The number of rotatable bonds is 2. The molecule has 3 nitrogen and oxygen atoms in total. The number of hydrogen-bond acceptors (Lipinski definition) is 3. The number of hydrogen-bond donors (Lipinski definition) is 1. The molecule has 0 aliphatic rings. The lowest BCUT2D eigenvalue weighted by Gasteiger charge is -1.95. The molecule has 0 saturated carbocycles. The van der Waals surface area contributed by atoms with E-state index in [0.29, 0.717) is 5.88 Å². The molecule has 0 aliphatic heterocycles. The van der Waals surface area contributed by atoms with E-state index in [1.54, 1.807) is 0 Å². The van der Waals surface area contributed by atoms with Crippen molar-refractivity contribution < 1.29 is 9.59 Å². The van der Waals surface area contributed by atoms with Gasteiger partial charge in [0.1, 0.15) is 0 Å². The van der Waals surface area contributed by atoms with Crippen LogP contribution in [0.25, 0.3) is 0 Å². The number of carbonyl (C=O) groups excluding carboxylic acids is 2. The fraction of sp³-hybridized carbons (Fsp3) is 0.600. The van der Waals surface area contributed by atoms with Gasteiger partial charge in [0.25, 0.3) is 0 Å². The number of carbonyl (C=O) groups is 2. The van der Waals surface area contributed by atoms with Gasteiger partial charge in [-0.05, 0) is 0 Å². The third kappa shape index (κ3) is 7.49. The molecule has 9 heavy (non-hydrogen) atoms. The second-order valence-electron chi connectivity index (χ2n) is 1.51. The van der Waals surface area contributed by atoms with Crippen LogP contribution in [-0.4, -0.2) is 16.9 Å². The van der Waals surface area contributed by atoms with Gasteiger partial charge in [-0.15, -0.1) is 0 Å². The second-order valence-corrected chi connectivity index (χ2v) is 2.67. The van der Waals surface area contributed by atoms with E-state index in [0.717, 1.165) is 11.8 Å². The second kappa shape index (κ2) is 4.38. The van der Waals surface area contributed by atoms with Gasteiger partial charge < -0.3 is 5.32 Å². The Balaban J connectivity index is 3.10. The molecule has 0 bridgehead atoms. The first-order valence-corrected chi connectivity index (χ1v) is 3.49. The Hall–Kier alpha value is -0.510. The number of amides is 1. The summed E-state index contributed by atoms with van der Waals surface area (Å²) in [6, 6.07) is 0. The molecular formula is C5H9NO2S. The van der Waals surface area contributed by atoms with E-state index in [9.17, 15) is 9.59 Å². The van der Waals surface area contributed by atoms with Gasteiger partial charge in [-0.3, -0.25) is 9.59 Å². The van der Waals surface area contributed by atoms with Crippen LogP contribution in [-0.2, 0) is 9.59 Å². The Bertz CT molecular complexity index is 110. The normalized spacial score (nSPS) is 8.67. The Morgan fingerprint density at radius 2 is 2.00 bits per heavy atom. The Labute approximate surface area is 58.2 Å². The molecule has 0 heterocycles.